The predicted molar refractivity (Wildman–Crippen MR) is 62.0 cm³/mol. The van der Waals surface area contributed by atoms with Crippen molar-refractivity contribution >= 4 is 11.8 Å². The molecule has 0 spiro atoms. The van der Waals surface area contributed by atoms with Gasteiger partial charge in [0.05, 0.1) is 6.61 Å². The summed E-state index contributed by atoms with van der Waals surface area (Å²) in [4.78, 5) is 0.856. The van der Waals surface area contributed by atoms with Gasteiger partial charge in [0.1, 0.15) is 5.82 Å². The summed E-state index contributed by atoms with van der Waals surface area (Å²) < 4.78 is 18.7. The Labute approximate surface area is 98.8 Å². The lowest BCUT2D eigenvalue weighted by Gasteiger charge is -2.22. The maximum absolute atomic E-state index is 13.4. The Morgan fingerprint density at radius 2 is 2.12 bits per heavy atom. The fourth-order valence-electron chi connectivity index (χ4n) is 1.78. The van der Waals surface area contributed by atoms with Crippen molar-refractivity contribution in [3.8, 4) is 0 Å². The molecule has 1 aliphatic heterocycles. The molecule has 0 bridgehead atoms. The monoisotopic (exact) mass is 242 g/mol. The Hall–Kier alpha value is -0.580. The Kier molecular flexibility index (Phi) is 4.21. The zero-order chi connectivity index (χ0) is 11.4. The van der Waals surface area contributed by atoms with Crippen LogP contribution >= 0.6 is 11.8 Å². The summed E-state index contributed by atoms with van der Waals surface area (Å²) in [5.74, 6) is -0.320. The Morgan fingerprint density at radius 3 is 2.81 bits per heavy atom. The van der Waals surface area contributed by atoms with Gasteiger partial charge >= 0.3 is 0 Å². The van der Waals surface area contributed by atoms with Crippen LogP contribution in [0.2, 0.25) is 0 Å². The third-order valence-electron chi connectivity index (χ3n) is 2.70. The summed E-state index contributed by atoms with van der Waals surface area (Å²) >= 11 is 1.65. The minimum Gasteiger partial charge on any atom is -0.392 e. The fourth-order valence-corrected chi connectivity index (χ4v) is 3.02. The number of aliphatic hydroxyl groups excluding tert-OH is 1. The highest BCUT2D eigenvalue weighted by Gasteiger charge is 2.17. The van der Waals surface area contributed by atoms with Crippen LogP contribution in [0, 0.1) is 5.82 Å². The molecule has 1 aliphatic rings. The molecule has 1 saturated heterocycles. The number of benzene rings is 1. The molecule has 0 unspecified atom stereocenters. The molecule has 0 atom stereocenters. The molecule has 1 heterocycles. The summed E-state index contributed by atoms with van der Waals surface area (Å²) in [7, 11) is 0. The zero-order valence-electron chi connectivity index (χ0n) is 8.99. The van der Waals surface area contributed by atoms with Crippen LogP contribution < -0.4 is 0 Å². The zero-order valence-corrected chi connectivity index (χ0v) is 9.80. The number of hydrogen-bond donors (Lipinski definition) is 1. The van der Waals surface area contributed by atoms with Crippen LogP contribution in [-0.4, -0.2) is 23.6 Å². The third-order valence-corrected chi connectivity index (χ3v) is 4.14. The molecule has 16 heavy (non-hydrogen) atoms. The van der Waals surface area contributed by atoms with Gasteiger partial charge in [0.25, 0.3) is 0 Å². The maximum atomic E-state index is 13.4. The van der Waals surface area contributed by atoms with Gasteiger partial charge in [-0.3, -0.25) is 0 Å². The maximum Gasteiger partial charge on any atom is 0.129 e. The average Bonchev–Trinajstić information content (AvgIpc) is 2.31. The highest BCUT2D eigenvalue weighted by Crippen LogP contribution is 2.32. The molecule has 0 amide bonds. The van der Waals surface area contributed by atoms with Crippen LogP contribution in [0.15, 0.2) is 23.1 Å². The number of thioether (sulfide) groups is 1. The van der Waals surface area contributed by atoms with Crippen molar-refractivity contribution in [3.63, 3.8) is 0 Å². The van der Waals surface area contributed by atoms with Gasteiger partial charge in [0.15, 0.2) is 0 Å². The molecule has 0 saturated carbocycles. The van der Waals surface area contributed by atoms with E-state index >= 15 is 0 Å². The molecule has 4 heteroatoms. The number of hydrogen-bond acceptors (Lipinski definition) is 3. The van der Waals surface area contributed by atoms with Gasteiger partial charge in [-0.15, -0.1) is 11.8 Å². The van der Waals surface area contributed by atoms with Gasteiger partial charge in [-0.05, 0) is 25.0 Å². The molecule has 1 fully saturated rings. The lowest BCUT2D eigenvalue weighted by Crippen LogP contribution is -2.17. The number of rotatable bonds is 3. The molecule has 2 rings (SSSR count). The van der Waals surface area contributed by atoms with Crippen molar-refractivity contribution in [3.05, 3.63) is 29.6 Å². The van der Waals surface area contributed by atoms with Gasteiger partial charge < -0.3 is 9.84 Å². The van der Waals surface area contributed by atoms with E-state index in [2.05, 4.69) is 0 Å². The standard InChI is InChI=1S/C12H15FO2S/c13-11-2-1-3-12(10(11)8-14)16-9-4-6-15-7-5-9/h1-3,9,14H,4-8H2. The molecule has 1 N–H and O–H groups in total. The first-order valence-corrected chi connectivity index (χ1v) is 6.32. The largest absolute Gasteiger partial charge is 0.392 e. The second-order valence-electron chi connectivity index (χ2n) is 3.80. The highest BCUT2D eigenvalue weighted by molar-refractivity contribution is 8.00. The van der Waals surface area contributed by atoms with E-state index in [1.165, 1.54) is 6.07 Å². The van der Waals surface area contributed by atoms with E-state index in [4.69, 9.17) is 9.84 Å². The van der Waals surface area contributed by atoms with Crippen molar-refractivity contribution in [2.24, 2.45) is 0 Å². The van der Waals surface area contributed by atoms with Crippen molar-refractivity contribution in [2.45, 2.75) is 29.6 Å². The molecule has 2 nitrogen and oxygen atoms in total. The molecular formula is C12H15FO2S. The highest BCUT2D eigenvalue weighted by atomic mass is 32.2. The molecule has 88 valence electrons. The minimum absolute atomic E-state index is 0.238. The summed E-state index contributed by atoms with van der Waals surface area (Å²) in [5.41, 5.74) is 0.416. The quantitative estimate of drug-likeness (QED) is 0.883. The van der Waals surface area contributed by atoms with Crippen LogP contribution in [0.5, 0.6) is 0 Å². The van der Waals surface area contributed by atoms with E-state index in [9.17, 15) is 4.39 Å². The van der Waals surface area contributed by atoms with Crippen molar-refractivity contribution in [2.75, 3.05) is 13.2 Å². The first-order chi connectivity index (χ1) is 7.81. The van der Waals surface area contributed by atoms with Crippen LogP contribution in [0.1, 0.15) is 18.4 Å². The topological polar surface area (TPSA) is 29.5 Å². The fraction of sp³-hybridized carbons (Fsp3) is 0.500. The summed E-state index contributed by atoms with van der Waals surface area (Å²) in [6.45, 7) is 1.32. The molecule has 0 radical (unpaired) electrons. The van der Waals surface area contributed by atoms with Gasteiger partial charge in [-0.1, -0.05) is 6.07 Å². The summed E-state index contributed by atoms with van der Waals surface area (Å²) in [5, 5.41) is 9.62. The van der Waals surface area contributed by atoms with Crippen molar-refractivity contribution in [1.82, 2.24) is 0 Å². The second kappa shape index (κ2) is 5.66. The van der Waals surface area contributed by atoms with E-state index in [0.717, 1.165) is 31.0 Å². The van der Waals surface area contributed by atoms with Crippen molar-refractivity contribution in [1.29, 1.82) is 0 Å². The molecule has 1 aromatic carbocycles. The second-order valence-corrected chi connectivity index (χ2v) is 5.15. The Morgan fingerprint density at radius 1 is 1.38 bits per heavy atom. The van der Waals surface area contributed by atoms with Crippen molar-refractivity contribution < 1.29 is 14.2 Å². The van der Waals surface area contributed by atoms with E-state index in [1.807, 2.05) is 6.07 Å². The van der Waals surface area contributed by atoms with Crippen LogP contribution in [0.25, 0.3) is 0 Å². The number of ether oxygens (including phenoxy) is 1. The van der Waals surface area contributed by atoms with Gasteiger partial charge in [-0.25, -0.2) is 4.39 Å². The number of aliphatic hydroxyl groups is 1. The van der Waals surface area contributed by atoms with E-state index < -0.39 is 0 Å². The van der Waals surface area contributed by atoms with Crippen LogP contribution in [0.3, 0.4) is 0 Å². The molecule has 0 aliphatic carbocycles. The van der Waals surface area contributed by atoms with Crippen LogP contribution in [-0.2, 0) is 11.3 Å². The normalized spacial score (nSPS) is 17.6. The minimum atomic E-state index is -0.320. The number of halogens is 1. The van der Waals surface area contributed by atoms with Gasteiger partial charge in [-0.2, -0.15) is 0 Å². The van der Waals surface area contributed by atoms with E-state index in [0.29, 0.717) is 10.8 Å². The SMILES string of the molecule is OCc1c(F)cccc1SC1CCOCC1. The smallest absolute Gasteiger partial charge is 0.129 e. The van der Waals surface area contributed by atoms with E-state index in [-0.39, 0.29) is 12.4 Å². The van der Waals surface area contributed by atoms with Gasteiger partial charge in [0, 0.05) is 28.9 Å². The first kappa shape index (κ1) is 11.9. The lowest BCUT2D eigenvalue weighted by atomic mass is 10.2. The molecule has 0 aromatic heterocycles. The first-order valence-electron chi connectivity index (χ1n) is 5.44. The van der Waals surface area contributed by atoms with Crippen LogP contribution in [0.4, 0.5) is 4.39 Å². The Balaban J connectivity index is 2.10. The lowest BCUT2D eigenvalue weighted by molar-refractivity contribution is 0.1000. The molecule has 1 aromatic rings. The average molecular weight is 242 g/mol. The van der Waals surface area contributed by atoms with E-state index in [1.54, 1.807) is 17.8 Å². The Bertz CT molecular complexity index is 351. The molecular weight excluding hydrogens is 227 g/mol. The summed E-state index contributed by atoms with van der Waals surface area (Å²) in [6.07, 6.45) is 1.98. The summed E-state index contributed by atoms with van der Waals surface area (Å²) in [6, 6.07) is 4.95. The third kappa shape index (κ3) is 2.75. The van der Waals surface area contributed by atoms with Gasteiger partial charge in [0.2, 0.25) is 0 Å². The predicted octanol–water partition coefficient (Wildman–Crippen LogP) is 2.59.